The summed E-state index contributed by atoms with van der Waals surface area (Å²) in [7, 11) is 1.53. The number of carbonyl (C=O) groups excluding carboxylic acids is 2. The molecule has 0 unspecified atom stereocenters. The monoisotopic (exact) mass is 396 g/mol. The number of nitrogens with one attached hydrogen (secondary N) is 1. The van der Waals surface area contributed by atoms with Gasteiger partial charge in [-0.2, -0.15) is 0 Å². The first kappa shape index (κ1) is 19.6. The van der Waals surface area contributed by atoms with E-state index >= 15 is 0 Å². The van der Waals surface area contributed by atoms with E-state index in [2.05, 4.69) is 10.3 Å². The highest BCUT2D eigenvalue weighted by molar-refractivity contribution is 7.17. The molecule has 0 saturated carbocycles. The van der Waals surface area contributed by atoms with Crippen LogP contribution in [0, 0.1) is 13.8 Å². The number of benzene rings is 2. The summed E-state index contributed by atoms with van der Waals surface area (Å²) < 4.78 is 10.4. The molecule has 0 bridgehead atoms. The van der Waals surface area contributed by atoms with Crippen LogP contribution in [0.2, 0.25) is 0 Å². The first-order valence-corrected chi connectivity index (χ1v) is 9.44. The second-order valence-electron chi connectivity index (χ2n) is 6.13. The van der Waals surface area contributed by atoms with Gasteiger partial charge in [0.25, 0.3) is 5.91 Å². The number of rotatable bonds is 6. The summed E-state index contributed by atoms with van der Waals surface area (Å²) in [5.41, 5.74) is 3.01. The molecule has 0 saturated heterocycles. The van der Waals surface area contributed by atoms with E-state index in [0.29, 0.717) is 22.0 Å². The number of aromatic nitrogens is 1. The van der Waals surface area contributed by atoms with Crippen LogP contribution in [-0.2, 0) is 9.53 Å². The summed E-state index contributed by atoms with van der Waals surface area (Å²) in [5.74, 6) is -0.470. The van der Waals surface area contributed by atoms with Crippen molar-refractivity contribution in [2.45, 2.75) is 13.8 Å². The molecule has 0 spiro atoms. The number of nitrogens with zero attached hydrogens (tertiary/aromatic N) is 1. The summed E-state index contributed by atoms with van der Waals surface area (Å²) in [6.07, 6.45) is 0. The van der Waals surface area contributed by atoms with Crippen molar-refractivity contribution in [3.05, 3.63) is 64.7 Å². The van der Waals surface area contributed by atoms with Crippen LogP contribution >= 0.6 is 11.3 Å². The average Bonchev–Trinajstić information content (AvgIpc) is 3.09. The van der Waals surface area contributed by atoms with Gasteiger partial charge < -0.3 is 14.8 Å². The molecule has 3 rings (SSSR count). The Hall–Kier alpha value is -3.19. The largest absolute Gasteiger partial charge is 0.495 e. The van der Waals surface area contributed by atoms with Crippen molar-refractivity contribution >= 4 is 28.9 Å². The van der Waals surface area contributed by atoms with Gasteiger partial charge in [0.05, 0.1) is 18.5 Å². The molecule has 0 atom stereocenters. The van der Waals surface area contributed by atoms with Gasteiger partial charge in [-0.1, -0.05) is 36.4 Å². The molecule has 0 radical (unpaired) electrons. The topological polar surface area (TPSA) is 77.5 Å². The van der Waals surface area contributed by atoms with Crippen molar-refractivity contribution in [2.75, 3.05) is 19.0 Å². The van der Waals surface area contributed by atoms with E-state index in [9.17, 15) is 9.59 Å². The third kappa shape index (κ3) is 4.55. The van der Waals surface area contributed by atoms with Crippen LogP contribution in [-0.4, -0.2) is 30.6 Å². The highest BCUT2D eigenvalue weighted by Gasteiger charge is 2.19. The Bertz CT molecular complexity index is 999. The number of anilines is 1. The molecular weight excluding hydrogens is 376 g/mol. The molecule has 0 aliphatic carbocycles. The van der Waals surface area contributed by atoms with E-state index in [1.165, 1.54) is 18.4 Å². The molecule has 7 heteroatoms. The number of hydrogen-bond donors (Lipinski definition) is 1. The van der Waals surface area contributed by atoms with Crippen LogP contribution in [0.15, 0.2) is 48.5 Å². The van der Waals surface area contributed by atoms with Crippen molar-refractivity contribution < 1.29 is 19.1 Å². The third-order valence-corrected chi connectivity index (χ3v) is 5.15. The number of methoxy groups -OCH3 is 1. The molecule has 1 heterocycles. The standard InChI is InChI=1S/C21H20N2O4S/c1-13-9-10-17(26-3)16(11-13)23-18(24)12-27-21(25)19-14(2)22-20(28-19)15-7-5-4-6-8-15/h4-11H,12H2,1-3H3,(H,23,24). The second kappa shape index (κ2) is 8.67. The van der Waals surface area contributed by atoms with Crippen LogP contribution < -0.4 is 10.1 Å². The van der Waals surface area contributed by atoms with Gasteiger partial charge in [0, 0.05) is 5.56 Å². The van der Waals surface area contributed by atoms with Crippen LogP contribution in [0.3, 0.4) is 0 Å². The van der Waals surface area contributed by atoms with E-state index in [4.69, 9.17) is 9.47 Å². The van der Waals surface area contributed by atoms with Gasteiger partial charge >= 0.3 is 5.97 Å². The summed E-state index contributed by atoms with van der Waals surface area (Å²) in [6, 6.07) is 15.0. The third-order valence-electron chi connectivity index (χ3n) is 3.97. The Kier molecular flexibility index (Phi) is 6.06. The van der Waals surface area contributed by atoms with Crippen molar-refractivity contribution in [2.24, 2.45) is 0 Å². The summed E-state index contributed by atoms with van der Waals surface area (Å²) in [4.78, 5) is 29.4. The molecule has 1 N–H and O–H groups in total. The van der Waals surface area contributed by atoms with Gasteiger partial charge in [-0.15, -0.1) is 11.3 Å². The predicted molar refractivity (Wildman–Crippen MR) is 109 cm³/mol. The number of thiazole rings is 1. The Morgan fingerprint density at radius 2 is 1.86 bits per heavy atom. The highest BCUT2D eigenvalue weighted by Crippen LogP contribution is 2.28. The molecule has 28 heavy (non-hydrogen) atoms. The molecule has 1 aromatic heterocycles. The normalized spacial score (nSPS) is 10.4. The first-order chi connectivity index (χ1) is 13.5. The maximum atomic E-state index is 12.4. The molecular formula is C21H20N2O4S. The minimum absolute atomic E-state index is 0.389. The summed E-state index contributed by atoms with van der Waals surface area (Å²) in [5, 5.41) is 3.44. The Morgan fingerprint density at radius 3 is 2.57 bits per heavy atom. The van der Waals surface area contributed by atoms with Gasteiger partial charge in [-0.05, 0) is 31.5 Å². The zero-order chi connectivity index (χ0) is 20.1. The van der Waals surface area contributed by atoms with Crippen molar-refractivity contribution in [1.82, 2.24) is 4.98 Å². The fraction of sp³-hybridized carbons (Fsp3) is 0.190. The lowest BCUT2D eigenvalue weighted by molar-refractivity contribution is -0.119. The van der Waals surface area contributed by atoms with Gasteiger partial charge in [0.1, 0.15) is 15.6 Å². The van der Waals surface area contributed by atoms with Crippen molar-refractivity contribution in [1.29, 1.82) is 0 Å². The van der Waals surface area contributed by atoms with Crippen LogP contribution in [0.4, 0.5) is 5.69 Å². The highest BCUT2D eigenvalue weighted by atomic mass is 32.1. The minimum Gasteiger partial charge on any atom is -0.495 e. The second-order valence-corrected chi connectivity index (χ2v) is 7.13. The SMILES string of the molecule is COc1ccc(C)cc1NC(=O)COC(=O)c1sc(-c2ccccc2)nc1C. The number of esters is 1. The maximum absolute atomic E-state index is 12.4. The number of amides is 1. The van der Waals surface area contributed by atoms with Crippen LogP contribution in [0.1, 0.15) is 20.9 Å². The molecule has 1 amide bonds. The van der Waals surface area contributed by atoms with Gasteiger partial charge in [0.2, 0.25) is 0 Å². The van der Waals surface area contributed by atoms with Crippen molar-refractivity contribution in [3.63, 3.8) is 0 Å². The quantitative estimate of drug-likeness (QED) is 0.631. The molecule has 0 aliphatic heterocycles. The van der Waals surface area contributed by atoms with Gasteiger partial charge in [-0.25, -0.2) is 9.78 Å². The average molecular weight is 396 g/mol. The molecule has 0 aliphatic rings. The van der Waals surface area contributed by atoms with E-state index in [0.717, 1.165) is 16.1 Å². The fourth-order valence-corrected chi connectivity index (χ4v) is 3.56. The van der Waals surface area contributed by atoms with E-state index in [1.54, 1.807) is 19.1 Å². The van der Waals surface area contributed by atoms with Crippen LogP contribution in [0.25, 0.3) is 10.6 Å². The van der Waals surface area contributed by atoms with E-state index < -0.39 is 18.5 Å². The predicted octanol–water partition coefficient (Wildman–Crippen LogP) is 4.23. The summed E-state index contributed by atoms with van der Waals surface area (Å²) in [6.45, 7) is 3.26. The Morgan fingerprint density at radius 1 is 1.11 bits per heavy atom. The minimum atomic E-state index is -0.566. The zero-order valence-corrected chi connectivity index (χ0v) is 16.6. The van der Waals surface area contributed by atoms with Crippen LogP contribution in [0.5, 0.6) is 5.75 Å². The Labute approximate surface area is 167 Å². The van der Waals surface area contributed by atoms with Gasteiger partial charge in [0.15, 0.2) is 6.61 Å². The number of hydrogen-bond acceptors (Lipinski definition) is 6. The number of ether oxygens (including phenoxy) is 2. The number of carbonyl (C=O) groups is 2. The molecule has 144 valence electrons. The molecule has 2 aromatic carbocycles. The lowest BCUT2D eigenvalue weighted by atomic mass is 10.2. The zero-order valence-electron chi connectivity index (χ0n) is 15.8. The lowest BCUT2D eigenvalue weighted by Crippen LogP contribution is -2.21. The Balaban J connectivity index is 1.64. The van der Waals surface area contributed by atoms with Crippen molar-refractivity contribution in [3.8, 4) is 16.3 Å². The lowest BCUT2D eigenvalue weighted by Gasteiger charge is -2.11. The smallest absolute Gasteiger partial charge is 0.350 e. The van der Waals surface area contributed by atoms with Gasteiger partial charge in [-0.3, -0.25) is 4.79 Å². The molecule has 0 fully saturated rings. The first-order valence-electron chi connectivity index (χ1n) is 8.62. The summed E-state index contributed by atoms with van der Waals surface area (Å²) >= 11 is 1.25. The van der Waals surface area contributed by atoms with E-state index in [-0.39, 0.29) is 0 Å². The van der Waals surface area contributed by atoms with E-state index in [1.807, 2.05) is 43.3 Å². The molecule has 3 aromatic rings. The number of aryl methyl sites for hydroxylation is 2. The molecule has 6 nitrogen and oxygen atoms in total. The maximum Gasteiger partial charge on any atom is 0.350 e. The fourth-order valence-electron chi connectivity index (χ4n) is 2.59.